The average Bonchev–Trinajstić information content (AvgIpc) is 2.47. The van der Waals surface area contributed by atoms with E-state index in [0.29, 0.717) is 24.4 Å². The number of anilines is 1. The lowest BCUT2D eigenvalue weighted by atomic mass is 9.82. The third-order valence-electron chi connectivity index (χ3n) is 3.93. The Morgan fingerprint density at radius 3 is 2.19 bits per heavy atom. The van der Waals surface area contributed by atoms with E-state index < -0.39 is 17.8 Å². The lowest BCUT2D eigenvalue weighted by Crippen LogP contribution is -2.34. The summed E-state index contributed by atoms with van der Waals surface area (Å²) in [5.41, 5.74) is 1.92. The molecule has 0 spiro atoms. The first-order valence-electron chi connectivity index (χ1n) is 7.27. The first kappa shape index (κ1) is 15.3. The maximum Gasteiger partial charge on any atom is 0.307 e. The van der Waals surface area contributed by atoms with Crippen LogP contribution in [0.2, 0.25) is 0 Å². The molecular weight excluding hydrogens is 266 g/mol. The number of rotatable bonds is 4. The molecule has 2 N–H and O–H groups in total. The van der Waals surface area contributed by atoms with Crippen molar-refractivity contribution in [1.29, 1.82) is 0 Å². The summed E-state index contributed by atoms with van der Waals surface area (Å²) < 4.78 is 0. The van der Waals surface area contributed by atoms with Gasteiger partial charge >= 0.3 is 5.97 Å². The largest absolute Gasteiger partial charge is 0.481 e. The fraction of sp³-hybridized carbons (Fsp3) is 0.412. The SMILES string of the molecule is CC(C)c1ccc(NC(=O)C2CC=CCC2C(=O)O)cc1. The molecule has 2 unspecified atom stereocenters. The number of hydrogen-bond donors (Lipinski definition) is 2. The van der Waals surface area contributed by atoms with E-state index in [1.807, 2.05) is 36.4 Å². The Hall–Kier alpha value is -2.10. The summed E-state index contributed by atoms with van der Waals surface area (Å²) in [7, 11) is 0. The minimum absolute atomic E-state index is 0.218. The Bertz CT molecular complexity index is 546. The van der Waals surface area contributed by atoms with Gasteiger partial charge in [-0.25, -0.2) is 0 Å². The molecule has 1 aromatic carbocycles. The zero-order valence-corrected chi connectivity index (χ0v) is 12.4. The third-order valence-corrected chi connectivity index (χ3v) is 3.93. The fourth-order valence-corrected chi connectivity index (χ4v) is 2.56. The second-order valence-corrected chi connectivity index (χ2v) is 5.76. The first-order chi connectivity index (χ1) is 9.99. The van der Waals surface area contributed by atoms with Crippen molar-refractivity contribution in [2.24, 2.45) is 11.8 Å². The minimum atomic E-state index is -0.908. The molecule has 0 bridgehead atoms. The van der Waals surface area contributed by atoms with Gasteiger partial charge in [0.05, 0.1) is 11.8 Å². The van der Waals surface area contributed by atoms with Crippen LogP contribution in [0.1, 0.15) is 38.2 Å². The second kappa shape index (κ2) is 6.57. The summed E-state index contributed by atoms with van der Waals surface area (Å²) in [6, 6.07) is 7.69. The monoisotopic (exact) mass is 287 g/mol. The highest BCUT2D eigenvalue weighted by Crippen LogP contribution is 2.27. The van der Waals surface area contributed by atoms with Crippen molar-refractivity contribution in [2.75, 3.05) is 5.32 Å². The summed E-state index contributed by atoms with van der Waals surface area (Å²) in [6.45, 7) is 4.22. The minimum Gasteiger partial charge on any atom is -0.481 e. The van der Waals surface area contributed by atoms with Crippen LogP contribution < -0.4 is 5.32 Å². The Morgan fingerprint density at radius 1 is 1.10 bits per heavy atom. The first-order valence-corrected chi connectivity index (χ1v) is 7.27. The lowest BCUT2D eigenvalue weighted by Gasteiger charge is -2.24. The van der Waals surface area contributed by atoms with Crippen LogP contribution in [0.3, 0.4) is 0 Å². The van der Waals surface area contributed by atoms with Crippen LogP contribution in [-0.2, 0) is 9.59 Å². The van der Waals surface area contributed by atoms with Gasteiger partial charge in [-0.2, -0.15) is 0 Å². The van der Waals surface area contributed by atoms with Gasteiger partial charge in [0.15, 0.2) is 0 Å². The van der Waals surface area contributed by atoms with Gasteiger partial charge in [-0.3, -0.25) is 9.59 Å². The molecule has 4 nitrogen and oxygen atoms in total. The highest BCUT2D eigenvalue weighted by molar-refractivity contribution is 5.95. The van der Waals surface area contributed by atoms with Crippen LogP contribution in [0, 0.1) is 11.8 Å². The molecule has 2 atom stereocenters. The Balaban J connectivity index is 2.06. The molecule has 2 rings (SSSR count). The number of carboxylic acid groups (broad SMARTS) is 1. The van der Waals surface area contributed by atoms with Crippen LogP contribution in [0.4, 0.5) is 5.69 Å². The van der Waals surface area contributed by atoms with E-state index in [0.717, 1.165) is 0 Å². The molecule has 0 saturated carbocycles. The summed E-state index contributed by atoms with van der Waals surface area (Å²) >= 11 is 0. The van der Waals surface area contributed by atoms with Gasteiger partial charge < -0.3 is 10.4 Å². The van der Waals surface area contributed by atoms with Gasteiger partial charge in [0.1, 0.15) is 0 Å². The predicted octanol–water partition coefficient (Wildman–Crippen LogP) is 3.42. The van der Waals surface area contributed by atoms with Gasteiger partial charge in [0.25, 0.3) is 0 Å². The van der Waals surface area contributed by atoms with Crippen molar-refractivity contribution < 1.29 is 14.7 Å². The van der Waals surface area contributed by atoms with E-state index >= 15 is 0 Å². The summed E-state index contributed by atoms with van der Waals surface area (Å²) in [6.07, 6.45) is 4.61. The molecule has 0 aromatic heterocycles. The lowest BCUT2D eigenvalue weighted by molar-refractivity contribution is -0.146. The predicted molar refractivity (Wildman–Crippen MR) is 82.2 cm³/mol. The molecule has 1 aliphatic rings. The van der Waals surface area contributed by atoms with E-state index in [2.05, 4.69) is 19.2 Å². The van der Waals surface area contributed by atoms with E-state index in [1.165, 1.54) is 5.56 Å². The number of hydrogen-bond acceptors (Lipinski definition) is 2. The highest BCUT2D eigenvalue weighted by Gasteiger charge is 2.33. The van der Waals surface area contributed by atoms with Crippen molar-refractivity contribution in [3.63, 3.8) is 0 Å². The molecule has 0 saturated heterocycles. The normalized spacial score (nSPS) is 21.3. The molecule has 0 radical (unpaired) electrons. The molecular formula is C17H21NO3. The number of carbonyl (C=O) groups excluding carboxylic acids is 1. The Kier molecular flexibility index (Phi) is 4.78. The van der Waals surface area contributed by atoms with E-state index in [1.54, 1.807) is 0 Å². The van der Waals surface area contributed by atoms with Gasteiger partial charge in [-0.1, -0.05) is 38.1 Å². The highest BCUT2D eigenvalue weighted by atomic mass is 16.4. The second-order valence-electron chi connectivity index (χ2n) is 5.76. The standard InChI is InChI=1S/C17H21NO3/c1-11(2)12-7-9-13(10-8-12)18-16(19)14-5-3-4-6-15(14)17(20)21/h3-4,7-11,14-15H,5-6H2,1-2H3,(H,18,19)(H,20,21). The average molecular weight is 287 g/mol. The van der Waals surface area contributed by atoms with Crippen molar-refractivity contribution in [3.8, 4) is 0 Å². The molecule has 1 aromatic rings. The van der Waals surface area contributed by atoms with Crippen LogP contribution >= 0.6 is 0 Å². The maximum absolute atomic E-state index is 12.3. The van der Waals surface area contributed by atoms with Crippen LogP contribution in [0.5, 0.6) is 0 Å². The number of nitrogens with one attached hydrogen (secondary N) is 1. The Morgan fingerprint density at radius 2 is 1.67 bits per heavy atom. The summed E-state index contributed by atoms with van der Waals surface area (Å²) in [5.74, 6) is -1.82. The maximum atomic E-state index is 12.3. The fourth-order valence-electron chi connectivity index (χ4n) is 2.56. The van der Waals surface area contributed by atoms with Crippen LogP contribution in [0.25, 0.3) is 0 Å². The molecule has 112 valence electrons. The van der Waals surface area contributed by atoms with Gasteiger partial charge in [-0.05, 0) is 36.5 Å². The van der Waals surface area contributed by atoms with Gasteiger partial charge in [0.2, 0.25) is 5.91 Å². The summed E-state index contributed by atoms with van der Waals surface area (Å²) in [4.78, 5) is 23.5. The summed E-state index contributed by atoms with van der Waals surface area (Å²) in [5, 5.41) is 12.0. The molecule has 0 fully saturated rings. The number of carboxylic acids is 1. The van der Waals surface area contributed by atoms with Crippen molar-refractivity contribution in [3.05, 3.63) is 42.0 Å². The molecule has 0 heterocycles. The quantitative estimate of drug-likeness (QED) is 0.834. The van der Waals surface area contributed by atoms with Crippen LogP contribution in [0.15, 0.2) is 36.4 Å². The zero-order valence-electron chi connectivity index (χ0n) is 12.4. The number of aliphatic carboxylic acids is 1. The molecule has 1 aliphatic carbocycles. The zero-order chi connectivity index (χ0) is 15.4. The van der Waals surface area contributed by atoms with Gasteiger partial charge in [-0.15, -0.1) is 0 Å². The molecule has 1 amide bonds. The third kappa shape index (κ3) is 3.72. The van der Waals surface area contributed by atoms with E-state index in [9.17, 15) is 14.7 Å². The molecule has 0 aliphatic heterocycles. The van der Waals surface area contributed by atoms with Crippen LogP contribution in [-0.4, -0.2) is 17.0 Å². The smallest absolute Gasteiger partial charge is 0.307 e. The Labute approximate surface area is 124 Å². The number of carbonyl (C=O) groups is 2. The van der Waals surface area contributed by atoms with E-state index in [-0.39, 0.29) is 5.91 Å². The number of allylic oxidation sites excluding steroid dienone is 2. The topological polar surface area (TPSA) is 66.4 Å². The van der Waals surface area contributed by atoms with Crippen molar-refractivity contribution >= 4 is 17.6 Å². The number of benzene rings is 1. The number of amides is 1. The molecule has 4 heteroatoms. The molecule has 21 heavy (non-hydrogen) atoms. The van der Waals surface area contributed by atoms with Crippen molar-refractivity contribution in [1.82, 2.24) is 0 Å². The van der Waals surface area contributed by atoms with E-state index in [4.69, 9.17) is 0 Å². The van der Waals surface area contributed by atoms with Crippen molar-refractivity contribution in [2.45, 2.75) is 32.6 Å². The van der Waals surface area contributed by atoms with Gasteiger partial charge in [0, 0.05) is 5.69 Å².